The third-order valence-electron chi connectivity index (χ3n) is 2.70. The molecule has 1 aliphatic heterocycles. The molecular weight excluding hydrogens is 212 g/mol. The maximum absolute atomic E-state index is 12.4. The van der Waals surface area contributed by atoms with Crippen LogP contribution in [0.25, 0.3) is 0 Å². The van der Waals surface area contributed by atoms with E-state index in [1.54, 1.807) is 12.1 Å². The summed E-state index contributed by atoms with van der Waals surface area (Å²) in [6, 6.07) is 7.27. The lowest BCUT2D eigenvalue weighted by Gasteiger charge is -2.25. The highest BCUT2D eigenvalue weighted by molar-refractivity contribution is 5.30. The van der Waals surface area contributed by atoms with Crippen molar-refractivity contribution in [2.75, 3.05) is 19.7 Å². The fourth-order valence-corrected chi connectivity index (χ4v) is 1.97. The fraction of sp³-hybridized carbons (Fsp3) is 0.500. The van der Waals surface area contributed by atoms with Gasteiger partial charge < -0.3 is 10.1 Å². The highest BCUT2D eigenvalue weighted by Gasteiger charge is 2.19. The van der Waals surface area contributed by atoms with Crippen LogP contribution in [0.15, 0.2) is 24.3 Å². The molecule has 0 radical (unpaired) electrons. The number of hydrogen-bond acceptors (Lipinski definition) is 2. The van der Waals surface area contributed by atoms with E-state index in [9.17, 15) is 8.78 Å². The van der Waals surface area contributed by atoms with Crippen LogP contribution in [0.3, 0.4) is 0 Å². The van der Waals surface area contributed by atoms with Crippen molar-refractivity contribution in [3.63, 3.8) is 0 Å². The quantitative estimate of drug-likeness (QED) is 0.854. The minimum absolute atomic E-state index is 0.0938. The second-order valence-electron chi connectivity index (χ2n) is 3.86. The number of morpholine rings is 1. The monoisotopic (exact) mass is 227 g/mol. The summed E-state index contributed by atoms with van der Waals surface area (Å²) in [5.74, 6) is 0. The molecule has 1 aromatic carbocycles. The van der Waals surface area contributed by atoms with E-state index in [1.165, 1.54) is 0 Å². The molecule has 16 heavy (non-hydrogen) atoms. The first-order chi connectivity index (χ1) is 7.77. The Morgan fingerprint density at radius 3 is 2.88 bits per heavy atom. The first-order valence-electron chi connectivity index (χ1n) is 5.45. The lowest BCUT2D eigenvalue weighted by molar-refractivity contribution is 0.0266. The Balaban J connectivity index is 2.17. The standard InChI is InChI=1S/C12H15F2NO/c13-12(14)7-9-3-1-2-4-10(9)11-8-15-5-6-16-11/h1-4,11-12,15H,5-8H2. The third kappa shape index (κ3) is 2.77. The third-order valence-corrected chi connectivity index (χ3v) is 2.70. The Hall–Kier alpha value is -1.00. The summed E-state index contributed by atoms with van der Waals surface area (Å²) in [5, 5.41) is 3.20. The molecule has 0 aromatic heterocycles. The SMILES string of the molecule is FC(F)Cc1ccccc1C1CNCCO1. The topological polar surface area (TPSA) is 21.3 Å². The van der Waals surface area contributed by atoms with Crippen molar-refractivity contribution in [3.05, 3.63) is 35.4 Å². The average Bonchev–Trinajstić information content (AvgIpc) is 2.30. The van der Waals surface area contributed by atoms with Crippen molar-refractivity contribution >= 4 is 0 Å². The molecule has 0 aliphatic carbocycles. The van der Waals surface area contributed by atoms with E-state index in [1.807, 2.05) is 12.1 Å². The van der Waals surface area contributed by atoms with E-state index in [4.69, 9.17) is 4.74 Å². The van der Waals surface area contributed by atoms with E-state index in [0.29, 0.717) is 18.7 Å². The molecular formula is C12H15F2NO. The normalized spacial score (nSPS) is 21.3. The molecule has 2 rings (SSSR count). The fourth-order valence-electron chi connectivity index (χ4n) is 1.97. The predicted octanol–water partition coefficient (Wildman–Crippen LogP) is 2.16. The van der Waals surface area contributed by atoms with Gasteiger partial charge in [-0.15, -0.1) is 0 Å². The summed E-state index contributed by atoms with van der Waals surface area (Å²) in [5.41, 5.74) is 1.57. The predicted molar refractivity (Wildman–Crippen MR) is 57.7 cm³/mol. The Bertz CT molecular complexity index is 338. The molecule has 1 N–H and O–H groups in total. The molecule has 0 spiro atoms. The maximum atomic E-state index is 12.4. The highest BCUT2D eigenvalue weighted by atomic mass is 19.3. The molecule has 1 atom stereocenters. The molecule has 1 unspecified atom stereocenters. The smallest absolute Gasteiger partial charge is 0.242 e. The summed E-state index contributed by atoms with van der Waals surface area (Å²) >= 11 is 0. The van der Waals surface area contributed by atoms with Gasteiger partial charge in [0.1, 0.15) is 0 Å². The Morgan fingerprint density at radius 2 is 2.19 bits per heavy atom. The van der Waals surface area contributed by atoms with E-state index in [2.05, 4.69) is 5.32 Å². The first kappa shape index (κ1) is 11.5. The van der Waals surface area contributed by atoms with Crippen LogP contribution in [-0.4, -0.2) is 26.1 Å². The summed E-state index contributed by atoms with van der Waals surface area (Å²) in [4.78, 5) is 0. The second-order valence-corrected chi connectivity index (χ2v) is 3.86. The van der Waals surface area contributed by atoms with Gasteiger partial charge in [-0.05, 0) is 11.1 Å². The van der Waals surface area contributed by atoms with Crippen LogP contribution in [0.5, 0.6) is 0 Å². The Morgan fingerprint density at radius 1 is 1.38 bits per heavy atom. The van der Waals surface area contributed by atoms with Crippen molar-refractivity contribution < 1.29 is 13.5 Å². The van der Waals surface area contributed by atoms with Gasteiger partial charge in [-0.2, -0.15) is 0 Å². The molecule has 1 aromatic rings. The van der Waals surface area contributed by atoms with Crippen LogP contribution in [0.4, 0.5) is 8.78 Å². The van der Waals surface area contributed by atoms with Gasteiger partial charge in [0.2, 0.25) is 6.43 Å². The number of ether oxygens (including phenoxy) is 1. The van der Waals surface area contributed by atoms with Crippen molar-refractivity contribution in [2.24, 2.45) is 0 Å². The van der Waals surface area contributed by atoms with E-state index < -0.39 is 6.43 Å². The van der Waals surface area contributed by atoms with Gasteiger partial charge in [0.05, 0.1) is 12.7 Å². The van der Waals surface area contributed by atoms with Crippen molar-refractivity contribution in [2.45, 2.75) is 19.0 Å². The van der Waals surface area contributed by atoms with Gasteiger partial charge in [-0.3, -0.25) is 0 Å². The van der Waals surface area contributed by atoms with Crippen LogP contribution in [0.1, 0.15) is 17.2 Å². The first-order valence-corrected chi connectivity index (χ1v) is 5.45. The molecule has 88 valence electrons. The molecule has 2 nitrogen and oxygen atoms in total. The van der Waals surface area contributed by atoms with Crippen LogP contribution in [-0.2, 0) is 11.2 Å². The van der Waals surface area contributed by atoms with E-state index in [-0.39, 0.29) is 12.5 Å². The number of hydrogen-bond donors (Lipinski definition) is 1. The molecule has 1 aliphatic rings. The summed E-state index contributed by atoms with van der Waals surface area (Å²) < 4.78 is 30.4. The molecule has 1 fully saturated rings. The number of rotatable bonds is 3. The lowest BCUT2D eigenvalue weighted by atomic mass is 9.99. The summed E-state index contributed by atoms with van der Waals surface area (Å²) in [6.07, 6.45) is -2.60. The molecule has 4 heteroatoms. The maximum Gasteiger partial charge on any atom is 0.242 e. The van der Waals surface area contributed by atoms with Crippen LogP contribution in [0, 0.1) is 0 Å². The number of halogens is 2. The average molecular weight is 227 g/mol. The van der Waals surface area contributed by atoms with Crippen molar-refractivity contribution in [1.82, 2.24) is 5.32 Å². The van der Waals surface area contributed by atoms with Gasteiger partial charge in [-0.1, -0.05) is 24.3 Å². The van der Waals surface area contributed by atoms with Gasteiger partial charge in [0.25, 0.3) is 0 Å². The van der Waals surface area contributed by atoms with Crippen LogP contribution >= 0.6 is 0 Å². The molecule has 0 bridgehead atoms. The van der Waals surface area contributed by atoms with E-state index in [0.717, 1.165) is 12.1 Å². The minimum atomic E-state index is -2.31. The Kier molecular flexibility index (Phi) is 3.85. The minimum Gasteiger partial charge on any atom is -0.371 e. The lowest BCUT2D eigenvalue weighted by Crippen LogP contribution is -2.33. The van der Waals surface area contributed by atoms with Crippen molar-refractivity contribution in [1.29, 1.82) is 0 Å². The number of nitrogens with one attached hydrogen (secondary N) is 1. The highest BCUT2D eigenvalue weighted by Crippen LogP contribution is 2.24. The van der Waals surface area contributed by atoms with Gasteiger partial charge in [0.15, 0.2) is 0 Å². The van der Waals surface area contributed by atoms with Crippen molar-refractivity contribution in [3.8, 4) is 0 Å². The van der Waals surface area contributed by atoms with Crippen LogP contribution < -0.4 is 5.32 Å². The molecule has 1 saturated heterocycles. The van der Waals surface area contributed by atoms with Gasteiger partial charge in [-0.25, -0.2) is 8.78 Å². The zero-order valence-electron chi connectivity index (χ0n) is 8.96. The van der Waals surface area contributed by atoms with Crippen LogP contribution in [0.2, 0.25) is 0 Å². The molecule has 0 saturated carbocycles. The zero-order valence-corrected chi connectivity index (χ0v) is 8.96. The van der Waals surface area contributed by atoms with Gasteiger partial charge in [0, 0.05) is 19.5 Å². The number of alkyl halides is 2. The second kappa shape index (κ2) is 5.37. The van der Waals surface area contributed by atoms with Gasteiger partial charge >= 0.3 is 0 Å². The zero-order chi connectivity index (χ0) is 11.4. The summed E-state index contributed by atoms with van der Waals surface area (Å²) in [7, 11) is 0. The molecule has 1 heterocycles. The molecule has 0 amide bonds. The van der Waals surface area contributed by atoms with E-state index >= 15 is 0 Å². The summed E-state index contributed by atoms with van der Waals surface area (Å²) in [6.45, 7) is 2.15. The number of benzene rings is 1. The Labute approximate surface area is 93.6 Å². The largest absolute Gasteiger partial charge is 0.371 e.